The van der Waals surface area contributed by atoms with Crippen LogP contribution in [0, 0.1) is 0 Å². The Kier molecular flexibility index (Phi) is 8.50. The number of rotatable bonds is 8. The lowest BCUT2D eigenvalue weighted by Crippen LogP contribution is -2.39. The van der Waals surface area contributed by atoms with Crippen LogP contribution in [0.2, 0.25) is 0 Å². The van der Waals surface area contributed by atoms with Crippen molar-refractivity contribution in [2.45, 2.75) is 18.9 Å². The van der Waals surface area contributed by atoms with Gasteiger partial charge in [-0.05, 0) is 55.9 Å². The van der Waals surface area contributed by atoms with E-state index in [9.17, 15) is 4.79 Å². The number of carbonyl (C=O) groups is 1. The first kappa shape index (κ1) is 23.6. The fourth-order valence-electron chi connectivity index (χ4n) is 3.93. The number of nitrogens with zero attached hydrogens (tertiary/aromatic N) is 3. The minimum Gasteiger partial charge on any atom is -0.497 e. The van der Waals surface area contributed by atoms with E-state index < -0.39 is 0 Å². The number of benzene rings is 2. The van der Waals surface area contributed by atoms with Crippen molar-refractivity contribution in [2.24, 2.45) is 4.99 Å². The van der Waals surface area contributed by atoms with E-state index in [-0.39, 0.29) is 5.91 Å². The first-order valence-corrected chi connectivity index (χ1v) is 11.1. The lowest BCUT2D eigenvalue weighted by molar-refractivity contribution is 0.0951. The van der Waals surface area contributed by atoms with Crippen molar-refractivity contribution in [3.8, 4) is 5.75 Å². The van der Waals surface area contributed by atoms with Crippen molar-refractivity contribution >= 4 is 11.9 Å². The van der Waals surface area contributed by atoms with Gasteiger partial charge in [0.2, 0.25) is 0 Å². The van der Waals surface area contributed by atoms with Crippen molar-refractivity contribution in [3.05, 3.63) is 65.2 Å². The quantitative estimate of drug-likeness (QED) is 0.491. The summed E-state index contributed by atoms with van der Waals surface area (Å²) in [6.45, 7) is 3.96. The summed E-state index contributed by atoms with van der Waals surface area (Å²) in [5, 5.41) is 6.42. The van der Waals surface area contributed by atoms with Gasteiger partial charge in [-0.25, -0.2) is 0 Å². The number of amides is 1. The third-order valence-electron chi connectivity index (χ3n) is 5.77. The Morgan fingerprint density at radius 1 is 1.19 bits per heavy atom. The highest BCUT2D eigenvalue weighted by atomic mass is 16.5. The number of likely N-dealkylation sites (tertiary alicyclic amines) is 1. The Hall–Kier alpha value is -3.06. The van der Waals surface area contributed by atoms with Crippen LogP contribution in [0.4, 0.5) is 0 Å². The van der Waals surface area contributed by atoms with E-state index in [1.54, 1.807) is 7.11 Å². The zero-order valence-electron chi connectivity index (χ0n) is 19.6. The summed E-state index contributed by atoms with van der Waals surface area (Å²) in [4.78, 5) is 21.2. The third kappa shape index (κ3) is 6.47. The van der Waals surface area contributed by atoms with Gasteiger partial charge in [0, 0.05) is 51.3 Å². The van der Waals surface area contributed by atoms with Crippen LogP contribution in [0.25, 0.3) is 0 Å². The molecule has 1 amide bonds. The molecule has 0 saturated carbocycles. The van der Waals surface area contributed by atoms with Gasteiger partial charge in [-0.15, -0.1) is 0 Å². The van der Waals surface area contributed by atoms with Crippen LogP contribution in [-0.2, 0) is 6.54 Å². The summed E-state index contributed by atoms with van der Waals surface area (Å²) in [6, 6.07) is 16.1. The second-order valence-corrected chi connectivity index (χ2v) is 8.37. The Bertz CT molecular complexity index is 911. The van der Waals surface area contributed by atoms with Crippen molar-refractivity contribution in [3.63, 3.8) is 0 Å². The number of nitrogens with one attached hydrogen (secondary N) is 2. The van der Waals surface area contributed by atoms with Gasteiger partial charge in [-0.1, -0.05) is 24.3 Å². The van der Waals surface area contributed by atoms with E-state index in [1.165, 1.54) is 5.56 Å². The number of methoxy groups -OCH3 is 1. The summed E-state index contributed by atoms with van der Waals surface area (Å²) in [5.74, 6) is 2.21. The Labute approximate surface area is 191 Å². The topological polar surface area (TPSA) is 69.2 Å². The Morgan fingerprint density at radius 2 is 1.97 bits per heavy atom. The number of hydrogen-bond donors (Lipinski definition) is 2. The van der Waals surface area contributed by atoms with Crippen molar-refractivity contribution < 1.29 is 9.53 Å². The maximum absolute atomic E-state index is 12.4. The number of carbonyl (C=O) groups excluding carboxylic acids is 1. The van der Waals surface area contributed by atoms with Crippen LogP contribution in [-0.4, -0.2) is 76.1 Å². The molecule has 2 aromatic carbocycles. The van der Waals surface area contributed by atoms with E-state index >= 15 is 0 Å². The normalized spacial score (nSPS) is 16.3. The molecule has 0 bridgehead atoms. The van der Waals surface area contributed by atoms with Gasteiger partial charge in [0.05, 0.1) is 7.11 Å². The lowest BCUT2D eigenvalue weighted by atomic mass is 9.98. The average Bonchev–Trinajstić information content (AvgIpc) is 3.29. The molecule has 2 aromatic rings. The van der Waals surface area contributed by atoms with E-state index in [2.05, 4.69) is 32.7 Å². The molecule has 0 aromatic heterocycles. The first-order valence-electron chi connectivity index (χ1n) is 11.1. The third-order valence-corrected chi connectivity index (χ3v) is 5.77. The summed E-state index contributed by atoms with van der Waals surface area (Å²) in [5.41, 5.74) is 3.06. The van der Waals surface area contributed by atoms with Crippen LogP contribution in [0.15, 0.2) is 53.5 Å². The standard InChI is InChI=1S/C25H35N5O2/c1-26-25(30-14-12-22(18-30)20-8-10-23(32-4)11-9-20)28-17-19-6-5-7-21(16-19)24(31)27-13-15-29(2)3/h5-11,16,22H,12-15,17-18H2,1-4H3,(H,26,28)(H,27,31). The second kappa shape index (κ2) is 11.5. The van der Waals surface area contributed by atoms with Crippen molar-refractivity contribution in [2.75, 3.05) is 54.4 Å². The molecule has 1 atom stereocenters. The predicted molar refractivity (Wildman–Crippen MR) is 129 cm³/mol. The predicted octanol–water partition coefficient (Wildman–Crippen LogP) is 2.55. The number of ether oxygens (including phenoxy) is 1. The molecule has 3 rings (SSSR count). The fourth-order valence-corrected chi connectivity index (χ4v) is 3.93. The van der Waals surface area contributed by atoms with Gasteiger partial charge >= 0.3 is 0 Å². The molecule has 32 heavy (non-hydrogen) atoms. The van der Waals surface area contributed by atoms with Crippen molar-refractivity contribution in [1.29, 1.82) is 0 Å². The van der Waals surface area contributed by atoms with E-state index in [1.807, 2.05) is 62.4 Å². The first-order chi connectivity index (χ1) is 15.5. The molecule has 1 fully saturated rings. The van der Waals surface area contributed by atoms with E-state index in [0.717, 1.165) is 43.3 Å². The molecule has 1 unspecified atom stereocenters. The molecule has 1 aliphatic rings. The zero-order valence-corrected chi connectivity index (χ0v) is 19.6. The molecule has 0 radical (unpaired) electrons. The SMILES string of the molecule is CN=C(NCc1cccc(C(=O)NCCN(C)C)c1)N1CCC(c2ccc(OC)cc2)C1. The van der Waals surface area contributed by atoms with E-state index in [0.29, 0.717) is 24.6 Å². The average molecular weight is 438 g/mol. The lowest BCUT2D eigenvalue weighted by Gasteiger charge is -2.22. The fraction of sp³-hybridized carbons (Fsp3) is 0.440. The molecule has 1 heterocycles. The molecular weight excluding hydrogens is 402 g/mol. The highest BCUT2D eigenvalue weighted by molar-refractivity contribution is 5.94. The summed E-state index contributed by atoms with van der Waals surface area (Å²) in [6.07, 6.45) is 1.09. The van der Waals surface area contributed by atoms with E-state index in [4.69, 9.17) is 4.74 Å². The molecule has 172 valence electrons. The van der Waals surface area contributed by atoms with Gasteiger partial charge in [-0.2, -0.15) is 0 Å². The molecule has 1 aliphatic heterocycles. The highest BCUT2D eigenvalue weighted by Crippen LogP contribution is 2.28. The summed E-state index contributed by atoms with van der Waals surface area (Å²) < 4.78 is 5.27. The molecule has 7 nitrogen and oxygen atoms in total. The smallest absolute Gasteiger partial charge is 0.251 e. The number of hydrogen-bond acceptors (Lipinski definition) is 4. The highest BCUT2D eigenvalue weighted by Gasteiger charge is 2.26. The maximum Gasteiger partial charge on any atom is 0.251 e. The number of likely N-dealkylation sites (N-methyl/N-ethyl adjacent to an activating group) is 1. The largest absolute Gasteiger partial charge is 0.497 e. The van der Waals surface area contributed by atoms with Crippen LogP contribution in [0.5, 0.6) is 5.75 Å². The molecule has 2 N–H and O–H groups in total. The van der Waals surface area contributed by atoms with Gasteiger partial charge in [-0.3, -0.25) is 9.79 Å². The van der Waals surface area contributed by atoms with Crippen LogP contribution in [0.3, 0.4) is 0 Å². The number of guanidine groups is 1. The minimum absolute atomic E-state index is 0.0417. The zero-order chi connectivity index (χ0) is 22.9. The van der Waals surface area contributed by atoms with Crippen LogP contribution < -0.4 is 15.4 Å². The summed E-state index contributed by atoms with van der Waals surface area (Å²) >= 11 is 0. The van der Waals surface area contributed by atoms with Crippen molar-refractivity contribution in [1.82, 2.24) is 20.4 Å². The Morgan fingerprint density at radius 3 is 2.66 bits per heavy atom. The number of aliphatic imine (C=N–C) groups is 1. The monoisotopic (exact) mass is 437 g/mol. The minimum atomic E-state index is -0.0417. The molecule has 7 heteroatoms. The van der Waals surface area contributed by atoms with Crippen LogP contribution >= 0.6 is 0 Å². The Balaban J connectivity index is 1.53. The molecule has 0 spiro atoms. The molecular formula is C25H35N5O2. The summed E-state index contributed by atoms with van der Waals surface area (Å²) in [7, 11) is 7.49. The van der Waals surface area contributed by atoms with Gasteiger partial charge in [0.1, 0.15) is 5.75 Å². The molecule has 1 saturated heterocycles. The van der Waals surface area contributed by atoms with Gasteiger partial charge in [0.15, 0.2) is 5.96 Å². The van der Waals surface area contributed by atoms with Gasteiger partial charge < -0.3 is 25.2 Å². The second-order valence-electron chi connectivity index (χ2n) is 8.37. The van der Waals surface area contributed by atoms with Crippen LogP contribution in [0.1, 0.15) is 33.8 Å². The van der Waals surface area contributed by atoms with Gasteiger partial charge in [0.25, 0.3) is 5.91 Å². The molecule has 0 aliphatic carbocycles. The maximum atomic E-state index is 12.4.